The van der Waals surface area contributed by atoms with Crippen molar-refractivity contribution >= 4 is 33.3 Å². The Bertz CT molecular complexity index is 710. The molecule has 0 unspecified atom stereocenters. The van der Waals surface area contributed by atoms with Crippen molar-refractivity contribution in [2.24, 2.45) is 0 Å². The Labute approximate surface area is 153 Å². The van der Waals surface area contributed by atoms with Gasteiger partial charge in [-0.05, 0) is 52.4 Å². The number of ether oxygens (including phenoxy) is 1. The maximum Gasteiger partial charge on any atom is 0.348 e. The summed E-state index contributed by atoms with van der Waals surface area (Å²) in [5.74, 6) is 0.505. The van der Waals surface area contributed by atoms with Gasteiger partial charge in [-0.15, -0.1) is 11.3 Å². The molecule has 0 bridgehead atoms. The number of carbonyl (C=O) groups excluding carboxylic acids is 1. The van der Waals surface area contributed by atoms with Crippen molar-refractivity contribution in [2.75, 3.05) is 31.5 Å². The number of nitrogens with zero attached hydrogens (tertiary/aromatic N) is 3. The SMILES string of the molecule is CCN(CC)CCCNc1ncnc2sc(C(=O)OC(C)C)c(C)c12. The standard InChI is InChI=1S/C18H28N4O2S/c1-6-22(7-2)10-8-9-19-16-14-13(5)15(18(23)24-12(3)4)25-17(14)21-11-20-16/h11-12H,6-10H2,1-5H3,(H,19,20,21). The number of aromatic nitrogens is 2. The molecule has 2 aromatic rings. The molecule has 0 aliphatic rings. The van der Waals surface area contributed by atoms with Gasteiger partial charge in [-0.3, -0.25) is 0 Å². The van der Waals surface area contributed by atoms with Crippen LogP contribution in [0.5, 0.6) is 0 Å². The van der Waals surface area contributed by atoms with E-state index in [2.05, 4.69) is 34.0 Å². The zero-order valence-electron chi connectivity index (χ0n) is 15.8. The molecule has 0 saturated carbocycles. The molecule has 1 N–H and O–H groups in total. The average molecular weight is 365 g/mol. The van der Waals surface area contributed by atoms with Crippen LogP contribution in [0.25, 0.3) is 10.2 Å². The first kappa shape index (κ1) is 19.6. The van der Waals surface area contributed by atoms with Gasteiger partial charge in [-0.25, -0.2) is 14.8 Å². The third kappa shape index (κ3) is 4.89. The maximum absolute atomic E-state index is 12.3. The number of anilines is 1. The van der Waals surface area contributed by atoms with Crippen molar-refractivity contribution in [1.82, 2.24) is 14.9 Å². The van der Waals surface area contributed by atoms with Crippen LogP contribution in [0.15, 0.2) is 6.33 Å². The van der Waals surface area contributed by atoms with Gasteiger partial charge in [0.2, 0.25) is 0 Å². The number of esters is 1. The summed E-state index contributed by atoms with van der Waals surface area (Å²) >= 11 is 1.37. The first-order chi connectivity index (χ1) is 12.0. The van der Waals surface area contributed by atoms with Gasteiger partial charge in [-0.1, -0.05) is 13.8 Å². The monoisotopic (exact) mass is 364 g/mol. The zero-order chi connectivity index (χ0) is 18.4. The quantitative estimate of drug-likeness (QED) is 0.540. The van der Waals surface area contributed by atoms with Gasteiger partial charge in [0.25, 0.3) is 0 Å². The van der Waals surface area contributed by atoms with E-state index in [9.17, 15) is 4.79 Å². The van der Waals surface area contributed by atoms with E-state index in [0.717, 1.165) is 54.2 Å². The largest absolute Gasteiger partial charge is 0.459 e. The Hall–Kier alpha value is -1.73. The summed E-state index contributed by atoms with van der Waals surface area (Å²) in [6.45, 7) is 14.0. The molecular formula is C18H28N4O2S. The van der Waals surface area contributed by atoms with Gasteiger partial charge in [0.05, 0.1) is 11.5 Å². The molecule has 2 rings (SSSR count). The Balaban J connectivity index is 2.13. The number of carbonyl (C=O) groups is 1. The normalized spacial score (nSPS) is 11.5. The second-order valence-corrected chi connectivity index (χ2v) is 7.22. The Morgan fingerprint density at radius 1 is 1.32 bits per heavy atom. The third-order valence-electron chi connectivity index (χ3n) is 4.09. The summed E-state index contributed by atoms with van der Waals surface area (Å²) in [6.07, 6.45) is 2.45. The highest BCUT2D eigenvalue weighted by Crippen LogP contribution is 2.33. The molecule has 6 nitrogen and oxygen atoms in total. The lowest BCUT2D eigenvalue weighted by Gasteiger charge is -2.17. The Morgan fingerprint density at radius 2 is 2.04 bits per heavy atom. The van der Waals surface area contributed by atoms with Gasteiger partial charge in [-0.2, -0.15) is 0 Å². The smallest absolute Gasteiger partial charge is 0.348 e. The molecule has 0 radical (unpaired) electrons. The molecule has 0 amide bonds. The molecule has 0 saturated heterocycles. The van der Waals surface area contributed by atoms with Gasteiger partial charge in [0, 0.05) is 6.54 Å². The van der Waals surface area contributed by atoms with Crippen LogP contribution in [0.1, 0.15) is 49.4 Å². The zero-order valence-corrected chi connectivity index (χ0v) is 16.6. The van der Waals surface area contributed by atoms with Crippen LogP contribution in [-0.2, 0) is 4.74 Å². The van der Waals surface area contributed by atoms with Crippen LogP contribution in [0.4, 0.5) is 5.82 Å². The summed E-state index contributed by atoms with van der Waals surface area (Å²) in [4.78, 5) is 24.8. The molecule has 138 valence electrons. The van der Waals surface area contributed by atoms with Crippen LogP contribution in [0.2, 0.25) is 0 Å². The summed E-state index contributed by atoms with van der Waals surface area (Å²) in [7, 11) is 0. The van der Waals surface area contributed by atoms with Crippen molar-refractivity contribution in [3.63, 3.8) is 0 Å². The van der Waals surface area contributed by atoms with Gasteiger partial charge < -0.3 is 15.0 Å². The molecular weight excluding hydrogens is 336 g/mol. The van der Waals surface area contributed by atoms with E-state index in [4.69, 9.17) is 4.74 Å². The summed E-state index contributed by atoms with van der Waals surface area (Å²) in [5.41, 5.74) is 0.887. The van der Waals surface area contributed by atoms with E-state index in [1.807, 2.05) is 20.8 Å². The van der Waals surface area contributed by atoms with E-state index in [-0.39, 0.29) is 12.1 Å². The van der Waals surface area contributed by atoms with Gasteiger partial charge in [0.15, 0.2) is 0 Å². The fourth-order valence-electron chi connectivity index (χ4n) is 2.72. The van der Waals surface area contributed by atoms with Crippen molar-refractivity contribution in [3.05, 3.63) is 16.8 Å². The molecule has 0 fully saturated rings. The Kier molecular flexibility index (Phi) is 7.13. The lowest BCUT2D eigenvalue weighted by molar-refractivity contribution is 0.0383. The molecule has 2 heterocycles. The minimum atomic E-state index is -0.289. The van der Waals surface area contributed by atoms with Crippen LogP contribution in [0, 0.1) is 6.92 Å². The van der Waals surface area contributed by atoms with E-state index in [1.54, 1.807) is 6.33 Å². The van der Waals surface area contributed by atoms with E-state index in [0.29, 0.717) is 4.88 Å². The first-order valence-corrected chi connectivity index (χ1v) is 9.70. The highest BCUT2D eigenvalue weighted by molar-refractivity contribution is 7.20. The lowest BCUT2D eigenvalue weighted by Crippen LogP contribution is -2.25. The van der Waals surface area contributed by atoms with Crippen LogP contribution < -0.4 is 5.32 Å². The lowest BCUT2D eigenvalue weighted by atomic mass is 10.2. The number of fused-ring (bicyclic) bond motifs is 1. The summed E-state index contributed by atoms with van der Waals surface area (Å²) in [5, 5.41) is 4.32. The summed E-state index contributed by atoms with van der Waals surface area (Å²) < 4.78 is 5.33. The van der Waals surface area contributed by atoms with Crippen molar-refractivity contribution in [2.45, 2.75) is 47.1 Å². The molecule has 25 heavy (non-hydrogen) atoms. The van der Waals surface area contributed by atoms with E-state index in [1.165, 1.54) is 11.3 Å². The Morgan fingerprint density at radius 3 is 2.68 bits per heavy atom. The van der Waals surface area contributed by atoms with Gasteiger partial charge >= 0.3 is 5.97 Å². The molecule has 7 heteroatoms. The highest BCUT2D eigenvalue weighted by Gasteiger charge is 2.21. The van der Waals surface area contributed by atoms with Crippen LogP contribution in [-0.4, -0.2) is 53.1 Å². The molecule has 0 spiro atoms. The van der Waals surface area contributed by atoms with E-state index < -0.39 is 0 Å². The number of nitrogens with one attached hydrogen (secondary N) is 1. The number of rotatable bonds is 9. The topological polar surface area (TPSA) is 67.3 Å². The molecule has 2 aromatic heterocycles. The number of aryl methyl sites for hydroxylation is 1. The minimum Gasteiger partial charge on any atom is -0.459 e. The van der Waals surface area contributed by atoms with Crippen LogP contribution in [0.3, 0.4) is 0 Å². The second kappa shape index (κ2) is 9.10. The highest BCUT2D eigenvalue weighted by atomic mass is 32.1. The number of thiophene rings is 1. The summed E-state index contributed by atoms with van der Waals surface area (Å²) in [6, 6.07) is 0. The van der Waals surface area contributed by atoms with Crippen molar-refractivity contribution < 1.29 is 9.53 Å². The fraction of sp³-hybridized carbons (Fsp3) is 0.611. The minimum absolute atomic E-state index is 0.138. The second-order valence-electron chi connectivity index (χ2n) is 6.22. The van der Waals surface area contributed by atoms with E-state index >= 15 is 0 Å². The predicted octanol–water partition coefficient (Wildman–Crippen LogP) is 3.71. The number of hydrogen-bond donors (Lipinski definition) is 1. The maximum atomic E-state index is 12.3. The van der Waals surface area contributed by atoms with Crippen LogP contribution >= 0.6 is 11.3 Å². The predicted molar refractivity (Wildman–Crippen MR) is 104 cm³/mol. The van der Waals surface area contributed by atoms with Crippen molar-refractivity contribution in [3.8, 4) is 0 Å². The molecule has 0 atom stereocenters. The number of hydrogen-bond acceptors (Lipinski definition) is 7. The van der Waals surface area contributed by atoms with Crippen molar-refractivity contribution in [1.29, 1.82) is 0 Å². The first-order valence-electron chi connectivity index (χ1n) is 8.89. The van der Waals surface area contributed by atoms with Gasteiger partial charge in [0.1, 0.15) is 21.9 Å². The average Bonchev–Trinajstić information content (AvgIpc) is 2.92. The fourth-order valence-corrected chi connectivity index (χ4v) is 3.75. The molecule has 0 aliphatic heterocycles. The third-order valence-corrected chi connectivity index (χ3v) is 5.27. The molecule has 0 aromatic carbocycles. The molecule has 0 aliphatic carbocycles.